The highest BCUT2D eigenvalue weighted by Gasteiger charge is 2.28. The van der Waals surface area contributed by atoms with Gasteiger partial charge in [0.25, 0.3) is 0 Å². The van der Waals surface area contributed by atoms with Crippen molar-refractivity contribution in [2.24, 2.45) is 0 Å². The predicted molar refractivity (Wildman–Crippen MR) is 64.2 cm³/mol. The summed E-state index contributed by atoms with van der Waals surface area (Å²) in [5.41, 5.74) is 0.849. The van der Waals surface area contributed by atoms with Crippen molar-refractivity contribution in [3.63, 3.8) is 0 Å². The summed E-state index contributed by atoms with van der Waals surface area (Å²) in [5.74, 6) is 2.02. The maximum Gasteiger partial charge on any atom is 0.221 e. The zero-order valence-electron chi connectivity index (χ0n) is 9.79. The minimum absolute atomic E-state index is 0.506. The Bertz CT molecular complexity index is 378. The van der Waals surface area contributed by atoms with Crippen LogP contribution in [-0.2, 0) is 0 Å². The molecule has 0 N–H and O–H groups in total. The third kappa shape index (κ3) is 2.64. The summed E-state index contributed by atoms with van der Waals surface area (Å²) in [6.45, 7) is 4.74. The standard InChI is InChI=1S/C12H17ClN2O/c1-3-4-7-16-12-8(2)10(13)14-11(15-12)9-5-6-9/h9H,3-7H2,1-2H3. The molecular weight excluding hydrogens is 224 g/mol. The largest absolute Gasteiger partial charge is 0.477 e. The predicted octanol–water partition coefficient (Wildman–Crippen LogP) is 3.49. The molecule has 1 aromatic rings. The van der Waals surface area contributed by atoms with Gasteiger partial charge in [0.1, 0.15) is 11.0 Å². The molecule has 0 atom stereocenters. The average molecular weight is 241 g/mol. The highest BCUT2D eigenvalue weighted by atomic mass is 35.5. The van der Waals surface area contributed by atoms with E-state index in [1.807, 2.05) is 6.92 Å². The van der Waals surface area contributed by atoms with E-state index < -0.39 is 0 Å². The number of hydrogen-bond donors (Lipinski definition) is 0. The van der Waals surface area contributed by atoms with Crippen LogP contribution in [0.5, 0.6) is 5.88 Å². The third-order valence-electron chi connectivity index (χ3n) is 2.74. The highest BCUT2D eigenvalue weighted by Crippen LogP contribution is 2.39. The molecule has 1 heterocycles. The average Bonchev–Trinajstić information content (AvgIpc) is 3.08. The van der Waals surface area contributed by atoms with Crippen LogP contribution in [0.4, 0.5) is 0 Å². The van der Waals surface area contributed by atoms with Crippen molar-refractivity contribution in [3.05, 3.63) is 16.5 Å². The van der Waals surface area contributed by atoms with Gasteiger partial charge in [-0.05, 0) is 26.2 Å². The number of halogens is 1. The molecule has 16 heavy (non-hydrogen) atoms. The second kappa shape index (κ2) is 5.00. The number of aromatic nitrogens is 2. The summed E-state index contributed by atoms with van der Waals surface area (Å²) >= 11 is 6.07. The van der Waals surface area contributed by atoms with Crippen LogP contribution < -0.4 is 4.74 Å². The van der Waals surface area contributed by atoms with E-state index in [0.717, 1.165) is 24.2 Å². The molecule has 0 saturated heterocycles. The van der Waals surface area contributed by atoms with E-state index in [-0.39, 0.29) is 0 Å². The van der Waals surface area contributed by atoms with E-state index >= 15 is 0 Å². The first-order valence-corrected chi connectivity index (χ1v) is 6.27. The van der Waals surface area contributed by atoms with E-state index in [1.165, 1.54) is 12.8 Å². The fraction of sp³-hybridized carbons (Fsp3) is 0.667. The minimum atomic E-state index is 0.506. The Hall–Kier alpha value is -0.830. The van der Waals surface area contributed by atoms with Crippen LogP contribution in [0.25, 0.3) is 0 Å². The van der Waals surface area contributed by atoms with Crippen LogP contribution in [0, 0.1) is 6.92 Å². The van der Waals surface area contributed by atoms with E-state index in [2.05, 4.69) is 16.9 Å². The molecule has 88 valence electrons. The van der Waals surface area contributed by atoms with Gasteiger partial charge >= 0.3 is 0 Å². The summed E-state index contributed by atoms with van der Waals surface area (Å²) in [7, 11) is 0. The van der Waals surface area contributed by atoms with Crippen molar-refractivity contribution in [3.8, 4) is 5.88 Å². The van der Waals surface area contributed by atoms with Crippen LogP contribution >= 0.6 is 11.6 Å². The highest BCUT2D eigenvalue weighted by molar-refractivity contribution is 6.30. The molecule has 2 rings (SSSR count). The second-order valence-electron chi connectivity index (χ2n) is 4.28. The SMILES string of the molecule is CCCCOc1nc(C2CC2)nc(Cl)c1C. The van der Waals surface area contributed by atoms with Gasteiger partial charge in [0.2, 0.25) is 5.88 Å². The van der Waals surface area contributed by atoms with Crippen LogP contribution in [0.15, 0.2) is 0 Å². The van der Waals surface area contributed by atoms with Crippen molar-refractivity contribution in [1.82, 2.24) is 9.97 Å². The number of ether oxygens (including phenoxy) is 1. The zero-order valence-corrected chi connectivity index (χ0v) is 10.5. The molecule has 0 unspecified atom stereocenters. The molecule has 0 bridgehead atoms. The number of unbranched alkanes of at least 4 members (excludes halogenated alkanes) is 1. The van der Waals surface area contributed by atoms with Gasteiger partial charge in [-0.2, -0.15) is 4.98 Å². The molecule has 0 aromatic carbocycles. The van der Waals surface area contributed by atoms with Gasteiger partial charge in [-0.3, -0.25) is 0 Å². The molecule has 3 nitrogen and oxygen atoms in total. The Kier molecular flexibility index (Phi) is 3.64. The van der Waals surface area contributed by atoms with Gasteiger partial charge in [0, 0.05) is 11.5 Å². The van der Waals surface area contributed by atoms with Crippen LogP contribution in [0.2, 0.25) is 5.15 Å². The van der Waals surface area contributed by atoms with Gasteiger partial charge in [-0.1, -0.05) is 24.9 Å². The van der Waals surface area contributed by atoms with Crippen molar-refractivity contribution < 1.29 is 4.74 Å². The zero-order chi connectivity index (χ0) is 11.5. The third-order valence-corrected chi connectivity index (χ3v) is 3.11. The molecule has 0 radical (unpaired) electrons. The summed E-state index contributed by atoms with van der Waals surface area (Å²) < 4.78 is 5.64. The Morgan fingerprint density at radius 3 is 2.75 bits per heavy atom. The Labute approximate surface area is 101 Å². The van der Waals surface area contributed by atoms with Gasteiger partial charge in [0.05, 0.1) is 6.61 Å². The van der Waals surface area contributed by atoms with Crippen molar-refractivity contribution in [2.45, 2.75) is 45.4 Å². The van der Waals surface area contributed by atoms with E-state index in [4.69, 9.17) is 16.3 Å². The Balaban J connectivity index is 2.14. The first-order valence-electron chi connectivity index (χ1n) is 5.89. The molecule has 1 fully saturated rings. The lowest BCUT2D eigenvalue weighted by molar-refractivity contribution is 0.294. The van der Waals surface area contributed by atoms with E-state index in [0.29, 0.717) is 23.6 Å². The maximum absolute atomic E-state index is 6.07. The first kappa shape index (κ1) is 11.6. The van der Waals surface area contributed by atoms with Crippen LogP contribution in [-0.4, -0.2) is 16.6 Å². The molecule has 0 spiro atoms. The fourth-order valence-corrected chi connectivity index (χ4v) is 1.63. The Morgan fingerprint density at radius 1 is 1.38 bits per heavy atom. The summed E-state index contributed by atoms with van der Waals surface area (Å²) in [5, 5.41) is 0.531. The summed E-state index contributed by atoms with van der Waals surface area (Å²) in [6, 6.07) is 0. The maximum atomic E-state index is 6.07. The number of nitrogens with zero attached hydrogens (tertiary/aromatic N) is 2. The van der Waals surface area contributed by atoms with Crippen LogP contribution in [0.3, 0.4) is 0 Å². The first-order chi connectivity index (χ1) is 7.72. The smallest absolute Gasteiger partial charge is 0.221 e. The molecule has 1 saturated carbocycles. The molecular formula is C12H17ClN2O. The lowest BCUT2D eigenvalue weighted by Gasteiger charge is -2.09. The minimum Gasteiger partial charge on any atom is -0.477 e. The molecule has 1 aliphatic rings. The molecule has 4 heteroatoms. The van der Waals surface area contributed by atoms with Gasteiger partial charge in [-0.25, -0.2) is 4.98 Å². The van der Waals surface area contributed by atoms with Crippen LogP contribution in [0.1, 0.15) is 49.9 Å². The summed E-state index contributed by atoms with van der Waals surface area (Å²) in [6.07, 6.45) is 4.51. The van der Waals surface area contributed by atoms with Crippen molar-refractivity contribution in [2.75, 3.05) is 6.61 Å². The van der Waals surface area contributed by atoms with E-state index in [9.17, 15) is 0 Å². The molecule has 1 aliphatic carbocycles. The second-order valence-corrected chi connectivity index (χ2v) is 4.64. The molecule has 0 aliphatic heterocycles. The summed E-state index contributed by atoms with van der Waals surface area (Å²) in [4.78, 5) is 8.75. The fourth-order valence-electron chi connectivity index (χ4n) is 1.46. The number of rotatable bonds is 5. The van der Waals surface area contributed by atoms with Crippen molar-refractivity contribution >= 4 is 11.6 Å². The lowest BCUT2D eigenvalue weighted by Crippen LogP contribution is -2.04. The normalized spacial score (nSPS) is 15.2. The van der Waals surface area contributed by atoms with Gasteiger partial charge in [-0.15, -0.1) is 0 Å². The van der Waals surface area contributed by atoms with Gasteiger partial charge < -0.3 is 4.74 Å². The monoisotopic (exact) mass is 240 g/mol. The lowest BCUT2D eigenvalue weighted by atomic mass is 10.3. The topological polar surface area (TPSA) is 35.0 Å². The van der Waals surface area contributed by atoms with Gasteiger partial charge in [0.15, 0.2) is 0 Å². The van der Waals surface area contributed by atoms with E-state index in [1.54, 1.807) is 0 Å². The van der Waals surface area contributed by atoms with Crippen molar-refractivity contribution in [1.29, 1.82) is 0 Å². The quantitative estimate of drug-likeness (QED) is 0.584. The Morgan fingerprint density at radius 2 is 2.12 bits per heavy atom. The molecule has 1 aromatic heterocycles. The number of hydrogen-bond acceptors (Lipinski definition) is 3. The molecule has 0 amide bonds.